The van der Waals surface area contributed by atoms with E-state index >= 15 is 0 Å². The topological polar surface area (TPSA) is 66.4 Å². The van der Waals surface area contributed by atoms with Gasteiger partial charge in [-0.2, -0.15) is 0 Å². The Morgan fingerprint density at radius 1 is 0.750 bits per heavy atom. The summed E-state index contributed by atoms with van der Waals surface area (Å²) >= 11 is 6.28. The highest BCUT2D eigenvalue weighted by atomic mass is 35.5. The largest absolute Gasteiger partial charge is 0.352 e. The fourth-order valence-electron chi connectivity index (χ4n) is 4.34. The third kappa shape index (κ3) is 4.86. The molecule has 0 atom stereocenters. The van der Waals surface area contributed by atoms with Crippen molar-refractivity contribution in [1.29, 1.82) is 0 Å². The van der Waals surface area contributed by atoms with Gasteiger partial charge in [-0.15, -0.1) is 10.2 Å². The van der Waals surface area contributed by atoms with E-state index in [-0.39, 0.29) is 11.7 Å². The highest BCUT2D eigenvalue weighted by Crippen LogP contribution is 2.26. The van der Waals surface area contributed by atoms with Crippen LogP contribution < -0.4 is 4.90 Å². The number of aryl methyl sites for hydroxylation is 1. The molecule has 0 spiro atoms. The van der Waals surface area contributed by atoms with E-state index in [0.29, 0.717) is 53.6 Å². The third-order valence-electron chi connectivity index (χ3n) is 6.41. The summed E-state index contributed by atoms with van der Waals surface area (Å²) in [5.74, 6) is 0.477. The maximum Gasteiger partial charge on any atom is 0.254 e. The number of carbonyl (C=O) groups excluding carboxylic acids is 2. The molecule has 36 heavy (non-hydrogen) atoms. The van der Waals surface area contributed by atoms with Gasteiger partial charge in [0.05, 0.1) is 16.3 Å². The zero-order valence-electron chi connectivity index (χ0n) is 19.9. The fourth-order valence-corrected chi connectivity index (χ4v) is 4.58. The zero-order chi connectivity index (χ0) is 25.1. The number of hydrogen-bond donors (Lipinski definition) is 0. The lowest BCUT2D eigenvalue weighted by Crippen LogP contribution is -2.49. The van der Waals surface area contributed by atoms with Crippen LogP contribution in [0, 0.1) is 6.92 Å². The number of halogens is 1. The second-order valence-corrected chi connectivity index (χ2v) is 9.18. The number of benzene rings is 3. The SMILES string of the molecule is Cc1ccc(C(=O)c2ccccc2C(=O)N2CCN(c3ccc(-c4ccccc4Cl)nn3)CC2)cc1. The number of piperazine rings is 1. The van der Waals surface area contributed by atoms with Gasteiger partial charge >= 0.3 is 0 Å². The first-order chi connectivity index (χ1) is 17.5. The van der Waals surface area contributed by atoms with E-state index in [1.54, 1.807) is 41.3 Å². The molecule has 1 fully saturated rings. The summed E-state index contributed by atoms with van der Waals surface area (Å²) in [6, 6.07) is 25.8. The molecule has 1 saturated heterocycles. The summed E-state index contributed by atoms with van der Waals surface area (Å²) in [6.07, 6.45) is 0. The maximum atomic E-state index is 13.4. The third-order valence-corrected chi connectivity index (χ3v) is 6.74. The number of amides is 1. The molecule has 5 rings (SSSR count). The number of ketones is 1. The van der Waals surface area contributed by atoms with Crippen LogP contribution in [-0.2, 0) is 0 Å². The Kier molecular flexibility index (Phi) is 6.78. The molecule has 1 aliphatic rings. The van der Waals surface area contributed by atoms with Crippen LogP contribution in [0.25, 0.3) is 11.3 Å². The molecule has 6 nitrogen and oxygen atoms in total. The van der Waals surface area contributed by atoms with E-state index in [0.717, 1.165) is 16.9 Å². The molecular weight excluding hydrogens is 472 g/mol. The van der Waals surface area contributed by atoms with Gasteiger partial charge in [-0.1, -0.05) is 77.8 Å². The van der Waals surface area contributed by atoms with Crippen LogP contribution in [-0.4, -0.2) is 53.0 Å². The van der Waals surface area contributed by atoms with Crippen molar-refractivity contribution >= 4 is 29.1 Å². The van der Waals surface area contributed by atoms with Gasteiger partial charge < -0.3 is 9.80 Å². The molecule has 0 radical (unpaired) electrons. The second-order valence-electron chi connectivity index (χ2n) is 8.78. The van der Waals surface area contributed by atoms with Crippen LogP contribution in [0.1, 0.15) is 31.8 Å². The van der Waals surface area contributed by atoms with Gasteiger partial charge in [0, 0.05) is 42.9 Å². The highest BCUT2D eigenvalue weighted by Gasteiger charge is 2.26. The molecule has 7 heteroatoms. The van der Waals surface area contributed by atoms with E-state index in [9.17, 15) is 9.59 Å². The Labute approximate surface area is 215 Å². The minimum atomic E-state index is -0.147. The van der Waals surface area contributed by atoms with E-state index in [4.69, 9.17) is 11.6 Å². The number of aromatic nitrogens is 2. The Morgan fingerprint density at radius 2 is 1.42 bits per heavy atom. The Morgan fingerprint density at radius 3 is 2.08 bits per heavy atom. The highest BCUT2D eigenvalue weighted by molar-refractivity contribution is 6.33. The smallest absolute Gasteiger partial charge is 0.254 e. The van der Waals surface area contributed by atoms with E-state index in [1.807, 2.05) is 55.5 Å². The summed E-state index contributed by atoms with van der Waals surface area (Å²) in [7, 11) is 0. The van der Waals surface area contributed by atoms with Crippen LogP contribution in [0.3, 0.4) is 0 Å². The first-order valence-electron chi connectivity index (χ1n) is 11.8. The number of nitrogens with zero attached hydrogens (tertiary/aromatic N) is 4. The molecule has 0 saturated carbocycles. The summed E-state index contributed by atoms with van der Waals surface area (Å²) in [4.78, 5) is 30.5. The average molecular weight is 497 g/mol. The number of hydrogen-bond acceptors (Lipinski definition) is 5. The van der Waals surface area contributed by atoms with Crippen molar-refractivity contribution in [2.24, 2.45) is 0 Å². The van der Waals surface area contributed by atoms with E-state index < -0.39 is 0 Å². The quantitative estimate of drug-likeness (QED) is 0.351. The molecule has 1 amide bonds. The van der Waals surface area contributed by atoms with Gasteiger partial charge in [-0.3, -0.25) is 9.59 Å². The van der Waals surface area contributed by atoms with Crippen molar-refractivity contribution in [1.82, 2.24) is 15.1 Å². The second kappa shape index (κ2) is 10.3. The molecule has 0 aliphatic carbocycles. The summed E-state index contributed by atoms with van der Waals surface area (Å²) in [5.41, 5.74) is 4.07. The lowest BCUT2D eigenvalue weighted by Gasteiger charge is -2.35. The molecule has 3 aromatic carbocycles. The van der Waals surface area contributed by atoms with E-state index in [2.05, 4.69) is 15.1 Å². The van der Waals surface area contributed by atoms with Crippen LogP contribution >= 0.6 is 11.6 Å². The van der Waals surface area contributed by atoms with Gasteiger partial charge in [-0.25, -0.2) is 0 Å². The van der Waals surface area contributed by atoms with Crippen molar-refractivity contribution in [2.75, 3.05) is 31.1 Å². The lowest BCUT2D eigenvalue weighted by atomic mass is 9.97. The minimum Gasteiger partial charge on any atom is -0.352 e. The lowest BCUT2D eigenvalue weighted by molar-refractivity contribution is 0.0742. The van der Waals surface area contributed by atoms with Gasteiger partial charge in [0.1, 0.15) is 0 Å². The van der Waals surface area contributed by atoms with Crippen molar-refractivity contribution in [3.8, 4) is 11.3 Å². The monoisotopic (exact) mass is 496 g/mol. The molecule has 1 aliphatic heterocycles. The maximum absolute atomic E-state index is 13.4. The van der Waals surface area contributed by atoms with Crippen LogP contribution in [0.4, 0.5) is 5.82 Å². The predicted molar refractivity (Wildman–Crippen MR) is 142 cm³/mol. The Balaban J connectivity index is 1.27. The zero-order valence-corrected chi connectivity index (χ0v) is 20.7. The van der Waals surface area contributed by atoms with Crippen LogP contribution in [0.2, 0.25) is 5.02 Å². The van der Waals surface area contributed by atoms with Crippen molar-refractivity contribution in [3.63, 3.8) is 0 Å². The summed E-state index contributed by atoms with van der Waals surface area (Å²) in [5, 5.41) is 9.38. The molecule has 180 valence electrons. The van der Waals surface area contributed by atoms with Crippen molar-refractivity contribution in [2.45, 2.75) is 6.92 Å². The van der Waals surface area contributed by atoms with Crippen molar-refractivity contribution < 1.29 is 9.59 Å². The Hall–Kier alpha value is -4.03. The van der Waals surface area contributed by atoms with Gasteiger partial charge in [-0.05, 0) is 31.2 Å². The van der Waals surface area contributed by atoms with Gasteiger partial charge in [0.25, 0.3) is 5.91 Å². The number of anilines is 1. The molecule has 2 heterocycles. The van der Waals surface area contributed by atoms with E-state index in [1.165, 1.54) is 0 Å². The normalized spacial score (nSPS) is 13.5. The van der Waals surface area contributed by atoms with Crippen LogP contribution in [0.5, 0.6) is 0 Å². The first kappa shape index (κ1) is 23.7. The minimum absolute atomic E-state index is 0.133. The first-order valence-corrected chi connectivity index (χ1v) is 12.2. The fraction of sp³-hybridized carbons (Fsp3) is 0.172. The number of rotatable bonds is 5. The summed E-state index contributed by atoms with van der Waals surface area (Å²) < 4.78 is 0. The molecule has 4 aromatic rings. The molecule has 0 bridgehead atoms. The molecule has 1 aromatic heterocycles. The van der Waals surface area contributed by atoms with Crippen LogP contribution in [0.15, 0.2) is 84.9 Å². The van der Waals surface area contributed by atoms with Gasteiger partial charge in [0.2, 0.25) is 0 Å². The van der Waals surface area contributed by atoms with Crippen molar-refractivity contribution in [3.05, 3.63) is 112 Å². The molecular formula is C29H25ClN4O2. The van der Waals surface area contributed by atoms with Gasteiger partial charge in [0.15, 0.2) is 11.6 Å². The number of carbonyl (C=O) groups is 2. The standard InChI is InChI=1S/C29H25ClN4O2/c1-20-10-12-21(13-11-20)28(35)22-6-2-3-7-23(22)29(36)34-18-16-33(17-19-34)27-15-14-26(31-32-27)24-8-4-5-9-25(24)30/h2-15H,16-19H2,1H3. The average Bonchev–Trinajstić information content (AvgIpc) is 2.93. The molecule has 0 unspecified atom stereocenters. The predicted octanol–water partition coefficient (Wildman–Crippen LogP) is 5.30. The Bertz CT molecular complexity index is 1400. The molecule has 0 N–H and O–H groups in total. The summed E-state index contributed by atoms with van der Waals surface area (Å²) in [6.45, 7) is 4.28.